The van der Waals surface area contributed by atoms with E-state index in [1.165, 1.54) is 39.0 Å². The normalized spacial score (nSPS) is 11.1. The SMILES string of the molecule is CCc1ccc(C(=O)Cn2nc3cnccn3c2=O)s1. The molecule has 0 aliphatic rings. The molecule has 0 fully saturated rings. The second-order valence-electron chi connectivity index (χ2n) is 4.29. The molecule has 0 radical (unpaired) electrons. The molecule has 0 N–H and O–H groups in total. The van der Waals surface area contributed by atoms with E-state index in [4.69, 9.17) is 0 Å². The van der Waals surface area contributed by atoms with Crippen molar-refractivity contribution in [3.63, 3.8) is 0 Å². The number of carbonyl (C=O) groups excluding carboxylic acids is 1. The Balaban J connectivity index is 1.91. The van der Waals surface area contributed by atoms with Gasteiger partial charge in [-0.3, -0.25) is 9.78 Å². The van der Waals surface area contributed by atoms with Gasteiger partial charge < -0.3 is 0 Å². The lowest BCUT2D eigenvalue weighted by atomic mass is 10.3. The molecule has 102 valence electrons. The van der Waals surface area contributed by atoms with Crippen LogP contribution < -0.4 is 5.69 Å². The lowest BCUT2D eigenvalue weighted by molar-refractivity contribution is 0.0970. The molecule has 0 bridgehead atoms. The molecule has 0 aliphatic heterocycles. The van der Waals surface area contributed by atoms with Crippen LogP contribution in [0.4, 0.5) is 0 Å². The Bertz CT molecular complexity index is 830. The number of carbonyl (C=O) groups is 1. The molecule has 3 aromatic heterocycles. The number of ketones is 1. The molecule has 6 nitrogen and oxygen atoms in total. The van der Waals surface area contributed by atoms with Gasteiger partial charge in [-0.1, -0.05) is 6.92 Å². The van der Waals surface area contributed by atoms with Crippen molar-refractivity contribution in [1.82, 2.24) is 19.2 Å². The van der Waals surface area contributed by atoms with E-state index in [2.05, 4.69) is 10.1 Å². The maximum Gasteiger partial charge on any atom is 0.350 e. The van der Waals surface area contributed by atoms with E-state index < -0.39 is 0 Å². The fraction of sp³-hybridized carbons (Fsp3) is 0.231. The summed E-state index contributed by atoms with van der Waals surface area (Å²) in [5.74, 6) is -0.104. The Kier molecular flexibility index (Phi) is 3.19. The zero-order chi connectivity index (χ0) is 14.1. The van der Waals surface area contributed by atoms with E-state index in [0.29, 0.717) is 10.5 Å². The van der Waals surface area contributed by atoms with Gasteiger partial charge in [0.1, 0.15) is 6.54 Å². The zero-order valence-electron chi connectivity index (χ0n) is 10.8. The first kappa shape index (κ1) is 12.7. The second-order valence-corrected chi connectivity index (χ2v) is 5.46. The molecule has 0 spiro atoms. The van der Waals surface area contributed by atoms with Crippen LogP contribution in [0, 0.1) is 0 Å². The number of aromatic nitrogens is 4. The summed E-state index contributed by atoms with van der Waals surface area (Å²) in [5.41, 5.74) is 0.105. The first-order valence-electron chi connectivity index (χ1n) is 6.20. The summed E-state index contributed by atoms with van der Waals surface area (Å²) < 4.78 is 2.54. The first-order valence-corrected chi connectivity index (χ1v) is 7.02. The van der Waals surface area contributed by atoms with Gasteiger partial charge in [0.2, 0.25) is 0 Å². The Labute approximate surface area is 118 Å². The quantitative estimate of drug-likeness (QED) is 0.680. The monoisotopic (exact) mass is 288 g/mol. The molecule has 0 aromatic carbocycles. The van der Waals surface area contributed by atoms with E-state index in [9.17, 15) is 9.59 Å². The van der Waals surface area contributed by atoms with E-state index in [-0.39, 0.29) is 18.0 Å². The van der Waals surface area contributed by atoms with Gasteiger partial charge in [-0.25, -0.2) is 13.9 Å². The summed E-state index contributed by atoms with van der Waals surface area (Å²) in [6, 6.07) is 3.74. The molecular formula is C13H12N4O2S. The first-order chi connectivity index (χ1) is 9.69. The Morgan fingerprint density at radius 2 is 2.25 bits per heavy atom. The fourth-order valence-electron chi connectivity index (χ4n) is 1.91. The number of nitrogens with zero attached hydrogens (tertiary/aromatic N) is 4. The van der Waals surface area contributed by atoms with Gasteiger partial charge in [0, 0.05) is 17.3 Å². The van der Waals surface area contributed by atoms with Crippen LogP contribution in [-0.4, -0.2) is 24.9 Å². The number of hydrogen-bond donors (Lipinski definition) is 0. The molecule has 0 aliphatic carbocycles. The van der Waals surface area contributed by atoms with Crippen molar-refractivity contribution in [3.8, 4) is 0 Å². The van der Waals surface area contributed by atoms with Crippen molar-refractivity contribution in [2.24, 2.45) is 0 Å². The van der Waals surface area contributed by atoms with Gasteiger partial charge in [0.25, 0.3) is 0 Å². The third-order valence-electron chi connectivity index (χ3n) is 2.97. The number of Topliss-reactive ketones (excluding diaryl/α,β-unsaturated/α-hetero) is 1. The van der Waals surface area contributed by atoms with Crippen LogP contribution >= 0.6 is 11.3 Å². The Morgan fingerprint density at radius 3 is 2.95 bits per heavy atom. The molecular weight excluding hydrogens is 276 g/mol. The predicted octanol–water partition coefficient (Wildman–Crippen LogP) is 1.40. The van der Waals surface area contributed by atoms with Crippen LogP contribution in [0.3, 0.4) is 0 Å². The largest absolute Gasteiger partial charge is 0.350 e. The van der Waals surface area contributed by atoms with Crippen molar-refractivity contribution in [2.45, 2.75) is 19.9 Å². The molecule has 20 heavy (non-hydrogen) atoms. The highest BCUT2D eigenvalue weighted by molar-refractivity contribution is 7.14. The lowest BCUT2D eigenvalue weighted by Gasteiger charge is -1.96. The van der Waals surface area contributed by atoms with Gasteiger partial charge in [-0.15, -0.1) is 16.4 Å². The third-order valence-corrected chi connectivity index (χ3v) is 4.24. The van der Waals surface area contributed by atoms with Crippen molar-refractivity contribution >= 4 is 22.8 Å². The van der Waals surface area contributed by atoms with Gasteiger partial charge >= 0.3 is 5.69 Å². The standard InChI is InChI=1S/C13H12N4O2S/c1-2-9-3-4-11(20-9)10(18)8-17-13(19)16-6-5-14-7-12(16)15-17/h3-7H,2,8H2,1H3. The predicted molar refractivity (Wildman–Crippen MR) is 75.3 cm³/mol. The van der Waals surface area contributed by atoms with Crippen LogP contribution in [0.25, 0.3) is 5.65 Å². The number of hydrogen-bond acceptors (Lipinski definition) is 5. The number of thiophene rings is 1. The molecule has 0 saturated carbocycles. The van der Waals surface area contributed by atoms with E-state index >= 15 is 0 Å². The Morgan fingerprint density at radius 1 is 1.40 bits per heavy atom. The second kappa shape index (κ2) is 5.01. The van der Waals surface area contributed by atoms with E-state index in [1.54, 1.807) is 6.07 Å². The van der Waals surface area contributed by atoms with Crippen LogP contribution in [-0.2, 0) is 13.0 Å². The summed E-state index contributed by atoms with van der Waals surface area (Å²) in [4.78, 5) is 29.9. The zero-order valence-corrected chi connectivity index (χ0v) is 11.6. The highest BCUT2D eigenvalue weighted by Gasteiger charge is 2.13. The van der Waals surface area contributed by atoms with Crippen molar-refractivity contribution in [3.05, 3.63) is 51.0 Å². The minimum atomic E-state index is -0.331. The van der Waals surface area contributed by atoms with Gasteiger partial charge in [0.15, 0.2) is 11.4 Å². The summed E-state index contributed by atoms with van der Waals surface area (Å²) in [6.07, 6.45) is 5.43. The summed E-state index contributed by atoms with van der Waals surface area (Å²) in [7, 11) is 0. The highest BCUT2D eigenvalue weighted by atomic mass is 32.1. The van der Waals surface area contributed by atoms with Crippen LogP contribution in [0.1, 0.15) is 21.5 Å². The molecule has 7 heteroatoms. The molecule has 0 atom stereocenters. The summed E-state index contributed by atoms with van der Waals surface area (Å²) in [6.45, 7) is 1.99. The van der Waals surface area contributed by atoms with E-state index in [0.717, 1.165) is 11.3 Å². The maximum absolute atomic E-state index is 12.2. The molecule has 0 saturated heterocycles. The average molecular weight is 288 g/mol. The number of rotatable bonds is 4. The summed E-state index contributed by atoms with van der Waals surface area (Å²) in [5, 5.41) is 4.09. The average Bonchev–Trinajstić information content (AvgIpc) is 3.05. The minimum Gasteiger partial charge on any atom is -0.291 e. The smallest absolute Gasteiger partial charge is 0.291 e. The van der Waals surface area contributed by atoms with Crippen molar-refractivity contribution in [2.75, 3.05) is 0 Å². The van der Waals surface area contributed by atoms with Crippen molar-refractivity contribution < 1.29 is 4.79 Å². The van der Waals surface area contributed by atoms with Crippen LogP contribution in [0.15, 0.2) is 35.5 Å². The topological polar surface area (TPSA) is 69.3 Å². The van der Waals surface area contributed by atoms with Crippen molar-refractivity contribution in [1.29, 1.82) is 0 Å². The summed E-state index contributed by atoms with van der Waals surface area (Å²) >= 11 is 1.46. The molecule has 3 rings (SSSR count). The third kappa shape index (κ3) is 2.16. The molecule has 0 amide bonds. The van der Waals surface area contributed by atoms with Gasteiger partial charge in [-0.05, 0) is 18.6 Å². The molecule has 3 aromatic rings. The lowest BCUT2D eigenvalue weighted by Crippen LogP contribution is -2.24. The van der Waals surface area contributed by atoms with Crippen LogP contribution in [0.5, 0.6) is 0 Å². The van der Waals surface area contributed by atoms with Crippen LogP contribution in [0.2, 0.25) is 0 Å². The van der Waals surface area contributed by atoms with E-state index in [1.807, 2.05) is 13.0 Å². The van der Waals surface area contributed by atoms with Gasteiger partial charge in [0.05, 0.1) is 11.1 Å². The maximum atomic E-state index is 12.2. The highest BCUT2D eigenvalue weighted by Crippen LogP contribution is 2.17. The fourth-order valence-corrected chi connectivity index (χ4v) is 2.79. The molecule has 3 heterocycles. The number of fused-ring (bicyclic) bond motifs is 1. The molecule has 0 unspecified atom stereocenters. The Hall–Kier alpha value is -2.28. The number of aryl methyl sites for hydroxylation is 1. The van der Waals surface area contributed by atoms with Gasteiger partial charge in [-0.2, -0.15) is 0 Å². The minimum absolute atomic E-state index is 0.0514.